The maximum atomic E-state index is 12.1. The minimum absolute atomic E-state index is 0.149. The molecule has 2 saturated heterocycles. The van der Waals surface area contributed by atoms with Crippen LogP contribution in [0.25, 0.3) is 0 Å². The molecular formula is C17H29NO5. The monoisotopic (exact) mass is 327 g/mol. The van der Waals surface area contributed by atoms with E-state index in [2.05, 4.69) is 0 Å². The van der Waals surface area contributed by atoms with Gasteiger partial charge in [0.15, 0.2) is 0 Å². The number of likely N-dealkylation sites (tertiary alicyclic amines) is 1. The summed E-state index contributed by atoms with van der Waals surface area (Å²) >= 11 is 0. The van der Waals surface area contributed by atoms with Crippen LogP contribution in [-0.2, 0) is 19.0 Å². The lowest BCUT2D eigenvalue weighted by molar-refractivity contribution is -0.166. The lowest BCUT2D eigenvalue weighted by Gasteiger charge is -2.45. The number of rotatable bonds is 2. The molecule has 0 saturated carbocycles. The first-order valence-electron chi connectivity index (χ1n) is 8.53. The molecule has 23 heavy (non-hydrogen) atoms. The number of nitrogens with zero attached hydrogens (tertiary/aromatic N) is 1. The van der Waals surface area contributed by atoms with Gasteiger partial charge in [0, 0.05) is 13.1 Å². The molecule has 0 aliphatic carbocycles. The second-order valence-electron chi connectivity index (χ2n) is 7.45. The lowest BCUT2D eigenvalue weighted by atomic mass is 9.82. The number of carbonyl (C=O) groups excluding carboxylic acids is 2. The van der Waals surface area contributed by atoms with Gasteiger partial charge in [-0.1, -0.05) is 0 Å². The number of piperidine rings is 1. The van der Waals surface area contributed by atoms with Gasteiger partial charge in [0.05, 0.1) is 24.7 Å². The van der Waals surface area contributed by atoms with Crippen LogP contribution in [0.2, 0.25) is 0 Å². The first kappa shape index (κ1) is 18.0. The Morgan fingerprint density at radius 1 is 1.22 bits per heavy atom. The molecule has 132 valence electrons. The smallest absolute Gasteiger partial charge is 0.410 e. The largest absolute Gasteiger partial charge is 0.466 e. The average molecular weight is 327 g/mol. The van der Waals surface area contributed by atoms with E-state index in [1.165, 1.54) is 0 Å². The molecule has 2 aliphatic heterocycles. The Bertz CT molecular complexity index is 425. The van der Waals surface area contributed by atoms with Gasteiger partial charge in [-0.2, -0.15) is 0 Å². The topological polar surface area (TPSA) is 65.1 Å². The van der Waals surface area contributed by atoms with Crippen LogP contribution in [0.5, 0.6) is 0 Å². The Morgan fingerprint density at radius 2 is 1.87 bits per heavy atom. The van der Waals surface area contributed by atoms with Crippen LogP contribution in [0.1, 0.15) is 53.4 Å². The fourth-order valence-corrected chi connectivity index (χ4v) is 3.13. The highest BCUT2D eigenvalue weighted by Crippen LogP contribution is 2.37. The van der Waals surface area contributed by atoms with E-state index in [1.807, 2.05) is 27.7 Å². The van der Waals surface area contributed by atoms with Gasteiger partial charge in [0.25, 0.3) is 0 Å². The summed E-state index contributed by atoms with van der Waals surface area (Å²) in [6.45, 7) is 9.53. The Labute approximate surface area is 138 Å². The molecular weight excluding hydrogens is 298 g/mol. The van der Waals surface area contributed by atoms with Crippen molar-refractivity contribution in [2.24, 2.45) is 5.92 Å². The van der Waals surface area contributed by atoms with Crippen molar-refractivity contribution in [3.05, 3.63) is 0 Å². The summed E-state index contributed by atoms with van der Waals surface area (Å²) < 4.78 is 16.5. The Balaban J connectivity index is 1.81. The minimum atomic E-state index is -0.472. The second kappa shape index (κ2) is 7.07. The van der Waals surface area contributed by atoms with Crippen LogP contribution in [0.4, 0.5) is 4.79 Å². The molecule has 1 amide bonds. The molecule has 2 rings (SSSR count). The third-order valence-electron chi connectivity index (χ3n) is 4.49. The van der Waals surface area contributed by atoms with Gasteiger partial charge < -0.3 is 19.1 Å². The summed E-state index contributed by atoms with van der Waals surface area (Å²) in [5.74, 6) is -0.307. The molecule has 0 aromatic rings. The molecule has 2 aliphatic rings. The van der Waals surface area contributed by atoms with E-state index < -0.39 is 5.60 Å². The van der Waals surface area contributed by atoms with Crippen molar-refractivity contribution < 1.29 is 23.8 Å². The Hall–Kier alpha value is -1.30. The minimum Gasteiger partial charge on any atom is -0.466 e. The molecule has 2 fully saturated rings. The molecule has 1 spiro atoms. The van der Waals surface area contributed by atoms with Crippen molar-refractivity contribution in [1.82, 2.24) is 4.90 Å². The van der Waals surface area contributed by atoms with Crippen LogP contribution in [0, 0.1) is 5.92 Å². The quantitative estimate of drug-likeness (QED) is 0.730. The van der Waals surface area contributed by atoms with Crippen molar-refractivity contribution in [3.8, 4) is 0 Å². The SMILES string of the molecule is CCOC(=O)[C@@H]1CCC2(CCN(C(=O)OC(C)(C)C)CC2)OC1. The number of carbonyl (C=O) groups is 2. The zero-order chi connectivity index (χ0) is 17.1. The third kappa shape index (κ3) is 4.83. The molecule has 0 aromatic heterocycles. The summed E-state index contributed by atoms with van der Waals surface area (Å²) in [6, 6.07) is 0. The molecule has 0 radical (unpaired) electrons. The average Bonchev–Trinajstić information content (AvgIpc) is 2.47. The highest BCUT2D eigenvalue weighted by molar-refractivity contribution is 5.72. The molecule has 0 N–H and O–H groups in total. The van der Waals surface area contributed by atoms with Crippen molar-refractivity contribution in [2.45, 2.75) is 64.6 Å². The number of hydrogen-bond acceptors (Lipinski definition) is 5. The van der Waals surface area contributed by atoms with Gasteiger partial charge in [-0.15, -0.1) is 0 Å². The summed E-state index contributed by atoms with van der Waals surface area (Å²) in [4.78, 5) is 25.6. The third-order valence-corrected chi connectivity index (χ3v) is 4.49. The summed E-state index contributed by atoms with van der Waals surface area (Å²) in [6.07, 6.45) is 2.97. The van der Waals surface area contributed by atoms with E-state index in [0.717, 1.165) is 25.7 Å². The normalized spacial score (nSPS) is 24.3. The molecule has 6 nitrogen and oxygen atoms in total. The van der Waals surface area contributed by atoms with Gasteiger partial charge in [0.2, 0.25) is 0 Å². The molecule has 0 unspecified atom stereocenters. The van der Waals surface area contributed by atoms with E-state index >= 15 is 0 Å². The highest BCUT2D eigenvalue weighted by atomic mass is 16.6. The summed E-state index contributed by atoms with van der Waals surface area (Å²) in [5.41, 5.74) is -0.665. The van der Waals surface area contributed by atoms with E-state index in [4.69, 9.17) is 14.2 Å². The first-order chi connectivity index (χ1) is 10.7. The van der Waals surface area contributed by atoms with Crippen molar-refractivity contribution >= 4 is 12.1 Å². The second-order valence-corrected chi connectivity index (χ2v) is 7.45. The maximum Gasteiger partial charge on any atom is 0.410 e. The summed E-state index contributed by atoms with van der Waals surface area (Å²) in [7, 11) is 0. The zero-order valence-corrected chi connectivity index (χ0v) is 14.7. The van der Waals surface area contributed by atoms with Crippen molar-refractivity contribution in [1.29, 1.82) is 0 Å². The van der Waals surface area contributed by atoms with Crippen molar-refractivity contribution in [3.63, 3.8) is 0 Å². The highest BCUT2D eigenvalue weighted by Gasteiger charge is 2.42. The van der Waals surface area contributed by atoms with Crippen LogP contribution in [0.3, 0.4) is 0 Å². The molecule has 2 heterocycles. The Morgan fingerprint density at radius 3 is 2.35 bits per heavy atom. The van der Waals surface area contributed by atoms with E-state index in [1.54, 1.807) is 4.90 Å². The number of ether oxygens (including phenoxy) is 3. The molecule has 0 bridgehead atoms. The molecule has 6 heteroatoms. The summed E-state index contributed by atoms with van der Waals surface area (Å²) in [5, 5.41) is 0. The maximum absolute atomic E-state index is 12.1. The van der Waals surface area contributed by atoms with Gasteiger partial charge >= 0.3 is 12.1 Å². The van der Waals surface area contributed by atoms with Gasteiger partial charge in [-0.05, 0) is 53.4 Å². The number of amides is 1. The fourth-order valence-electron chi connectivity index (χ4n) is 3.13. The molecule has 1 atom stereocenters. The van der Waals surface area contributed by atoms with E-state index in [-0.39, 0.29) is 23.6 Å². The van der Waals surface area contributed by atoms with Crippen molar-refractivity contribution in [2.75, 3.05) is 26.3 Å². The van der Waals surface area contributed by atoms with Gasteiger partial charge in [-0.3, -0.25) is 4.79 Å². The van der Waals surface area contributed by atoms with Crippen LogP contribution in [-0.4, -0.2) is 54.5 Å². The zero-order valence-electron chi connectivity index (χ0n) is 14.7. The van der Waals surface area contributed by atoms with Crippen LogP contribution < -0.4 is 0 Å². The number of hydrogen-bond donors (Lipinski definition) is 0. The standard InChI is InChI=1S/C17H29NO5/c1-5-21-14(19)13-6-7-17(22-12-13)8-10-18(11-9-17)15(20)23-16(2,3)4/h13H,5-12H2,1-4H3/t13-/m1/s1. The van der Waals surface area contributed by atoms with Crippen LogP contribution >= 0.6 is 0 Å². The Kier molecular flexibility index (Phi) is 5.55. The molecule has 0 aromatic carbocycles. The van der Waals surface area contributed by atoms with Gasteiger partial charge in [0.1, 0.15) is 5.60 Å². The van der Waals surface area contributed by atoms with Gasteiger partial charge in [-0.25, -0.2) is 4.79 Å². The lowest BCUT2D eigenvalue weighted by Crippen LogP contribution is -2.51. The van der Waals surface area contributed by atoms with E-state index in [9.17, 15) is 9.59 Å². The predicted molar refractivity (Wildman–Crippen MR) is 85.1 cm³/mol. The number of esters is 1. The first-order valence-corrected chi connectivity index (χ1v) is 8.53. The predicted octanol–water partition coefficient (Wildman–Crippen LogP) is 2.75. The van der Waals surface area contributed by atoms with Crippen LogP contribution in [0.15, 0.2) is 0 Å². The fraction of sp³-hybridized carbons (Fsp3) is 0.882. The van der Waals surface area contributed by atoms with E-state index in [0.29, 0.717) is 26.3 Å².